The Hall–Kier alpha value is -4.03. The number of thiazole rings is 1. The van der Waals surface area contributed by atoms with E-state index in [-0.39, 0.29) is 11.8 Å². The van der Waals surface area contributed by atoms with Gasteiger partial charge in [-0.05, 0) is 58.1 Å². The monoisotopic (exact) mass is 576 g/mol. The highest BCUT2D eigenvalue weighted by Crippen LogP contribution is 2.40. The number of amides is 1. The minimum absolute atomic E-state index is 0.176. The Morgan fingerprint density at radius 3 is 2.66 bits per heavy atom. The zero-order chi connectivity index (χ0) is 28.7. The van der Waals surface area contributed by atoms with Gasteiger partial charge in [0.1, 0.15) is 23.8 Å². The summed E-state index contributed by atoms with van der Waals surface area (Å²) in [7, 11) is 4.03. The molecule has 0 radical (unpaired) electrons. The highest BCUT2D eigenvalue weighted by Gasteiger charge is 2.33. The van der Waals surface area contributed by atoms with E-state index in [2.05, 4.69) is 34.6 Å². The molecule has 1 aromatic carbocycles. The predicted octanol–water partition coefficient (Wildman–Crippen LogP) is 4.82. The van der Waals surface area contributed by atoms with Crippen molar-refractivity contribution >= 4 is 40.5 Å². The summed E-state index contributed by atoms with van der Waals surface area (Å²) in [6.07, 6.45) is 6.86. The fraction of sp³-hybridized carbons (Fsp3) is 0.345. The van der Waals surface area contributed by atoms with Gasteiger partial charge in [0, 0.05) is 49.2 Å². The van der Waals surface area contributed by atoms with Crippen LogP contribution in [0.5, 0.6) is 0 Å². The van der Waals surface area contributed by atoms with E-state index in [0.29, 0.717) is 41.3 Å². The number of aromatic nitrogens is 5. The topological polar surface area (TPSA) is 92.1 Å². The van der Waals surface area contributed by atoms with Crippen LogP contribution in [0.25, 0.3) is 22.9 Å². The quantitative estimate of drug-likeness (QED) is 0.316. The maximum atomic E-state index is 14.0. The van der Waals surface area contributed by atoms with Crippen LogP contribution in [0.1, 0.15) is 40.8 Å². The molecule has 12 heteroatoms. The van der Waals surface area contributed by atoms with Crippen molar-refractivity contribution in [2.75, 3.05) is 43.9 Å². The standard InChI is InChI=1S/C29H30F2N8OS/c1-17-34-20(15-41-17)13-21-25-26(36-29(21)40)32-16-33-28(25)38-8-6-18(7-9-38)27-35-24(14-39(27)11-10-37(2)3)19-4-5-22(30)23(31)12-19/h4-5,12-16,18H,6-11H2,1-3H3,(H,32,33,36,40). The number of nitrogens with one attached hydrogen (secondary N) is 1. The average molecular weight is 577 g/mol. The summed E-state index contributed by atoms with van der Waals surface area (Å²) in [6.45, 7) is 4.91. The molecular weight excluding hydrogens is 546 g/mol. The van der Waals surface area contributed by atoms with Gasteiger partial charge in [-0.25, -0.2) is 28.7 Å². The van der Waals surface area contributed by atoms with Gasteiger partial charge in [-0.2, -0.15) is 0 Å². The van der Waals surface area contributed by atoms with Crippen molar-refractivity contribution in [1.82, 2.24) is 29.4 Å². The van der Waals surface area contributed by atoms with Gasteiger partial charge in [0.25, 0.3) is 5.91 Å². The lowest BCUT2D eigenvalue weighted by molar-refractivity contribution is -0.110. The number of halogens is 2. The molecule has 0 spiro atoms. The van der Waals surface area contributed by atoms with Gasteiger partial charge in [-0.3, -0.25) is 4.79 Å². The van der Waals surface area contributed by atoms with Gasteiger partial charge in [0.2, 0.25) is 0 Å². The molecule has 0 aliphatic carbocycles. The Morgan fingerprint density at radius 2 is 1.95 bits per heavy atom. The van der Waals surface area contributed by atoms with Crippen molar-refractivity contribution in [2.45, 2.75) is 32.2 Å². The molecule has 41 heavy (non-hydrogen) atoms. The number of carbonyl (C=O) groups excluding carboxylic acids is 1. The second kappa shape index (κ2) is 11.1. The van der Waals surface area contributed by atoms with Crippen LogP contribution in [0.15, 0.2) is 36.1 Å². The van der Waals surface area contributed by atoms with Gasteiger partial charge in [0.05, 0.1) is 27.5 Å². The van der Waals surface area contributed by atoms with E-state index in [1.807, 2.05) is 32.6 Å². The van der Waals surface area contributed by atoms with Crippen molar-refractivity contribution in [3.63, 3.8) is 0 Å². The van der Waals surface area contributed by atoms with E-state index in [4.69, 9.17) is 4.98 Å². The number of carbonyl (C=O) groups is 1. The minimum Gasteiger partial charge on any atom is -0.356 e. The first-order valence-electron chi connectivity index (χ1n) is 13.5. The van der Waals surface area contributed by atoms with Crippen molar-refractivity contribution < 1.29 is 13.6 Å². The molecule has 1 saturated heterocycles. The Morgan fingerprint density at radius 1 is 1.15 bits per heavy atom. The first-order valence-corrected chi connectivity index (χ1v) is 14.4. The first kappa shape index (κ1) is 27.2. The molecule has 0 saturated carbocycles. The van der Waals surface area contributed by atoms with E-state index in [0.717, 1.165) is 54.3 Å². The normalized spacial score (nSPS) is 16.6. The van der Waals surface area contributed by atoms with Gasteiger partial charge in [-0.15, -0.1) is 11.3 Å². The lowest BCUT2D eigenvalue weighted by Crippen LogP contribution is -2.35. The fourth-order valence-corrected chi connectivity index (χ4v) is 5.94. The van der Waals surface area contributed by atoms with Crippen LogP contribution in [0, 0.1) is 18.6 Å². The minimum atomic E-state index is -0.885. The van der Waals surface area contributed by atoms with Crippen LogP contribution in [0.4, 0.5) is 20.4 Å². The Bertz CT molecular complexity index is 1640. The van der Waals surface area contributed by atoms with Gasteiger partial charge in [-0.1, -0.05) is 0 Å². The first-order chi connectivity index (χ1) is 19.8. The van der Waals surface area contributed by atoms with E-state index in [1.54, 1.807) is 12.1 Å². The summed E-state index contributed by atoms with van der Waals surface area (Å²) in [4.78, 5) is 35.5. The molecule has 212 valence electrons. The maximum Gasteiger partial charge on any atom is 0.257 e. The summed E-state index contributed by atoms with van der Waals surface area (Å²) in [5.41, 5.74) is 3.13. The SMILES string of the molecule is Cc1nc(C=C2C(=O)Nc3ncnc(N4CCC(c5nc(-c6ccc(F)c(F)c6)cn5CCN(C)C)CC4)c32)cs1. The fourth-order valence-electron chi connectivity index (χ4n) is 5.37. The van der Waals surface area contributed by atoms with Crippen LogP contribution < -0.4 is 10.2 Å². The molecule has 0 atom stereocenters. The Labute approximate surface area is 240 Å². The van der Waals surface area contributed by atoms with E-state index >= 15 is 0 Å². The lowest BCUT2D eigenvalue weighted by Gasteiger charge is -2.33. The second-order valence-electron chi connectivity index (χ2n) is 10.6. The number of rotatable bonds is 7. The number of benzene rings is 1. The van der Waals surface area contributed by atoms with Crippen LogP contribution >= 0.6 is 11.3 Å². The summed E-state index contributed by atoms with van der Waals surface area (Å²) >= 11 is 1.53. The van der Waals surface area contributed by atoms with Gasteiger partial charge < -0.3 is 19.7 Å². The smallest absolute Gasteiger partial charge is 0.257 e. The highest BCUT2D eigenvalue weighted by molar-refractivity contribution is 7.09. The third-order valence-electron chi connectivity index (χ3n) is 7.47. The lowest BCUT2D eigenvalue weighted by atomic mass is 9.95. The summed E-state index contributed by atoms with van der Waals surface area (Å²) < 4.78 is 29.7. The van der Waals surface area contributed by atoms with Crippen molar-refractivity contribution in [3.8, 4) is 11.3 Å². The summed E-state index contributed by atoms with van der Waals surface area (Å²) in [5.74, 6) is 0.379. The Balaban J connectivity index is 1.26. The summed E-state index contributed by atoms with van der Waals surface area (Å²) in [6, 6.07) is 3.90. The predicted molar refractivity (Wildman–Crippen MR) is 156 cm³/mol. The molecule has 3 aromatic heterocycles. The number of hydrogen-bond acceptors (Lipinski definition) is 8. The van der Waals surface area contributed by atoms with Crippen molar-refractivity contribution in [3.05, 3.63) is 69.8 Å². The second-order valence-corrected chi connectivity index (χ2v) is 11.7. The van der Waals surface area contributed by atoms with E-state index in [9.17, 15) is 13.6 Å². The largest absolute Gasteiger partial charge is 0.356 e. The van der Waals surface area contributed by atoms with Crippen molar-refractivity contribution in [2.24, 2.45) is 0 Å². The number of imidazole rings is 1. The number of anilines is 2. The number of likely N-dealkylation sites (N-methyl/N-ethyl adjacent to an activating group) is 1. The van der Waals surface area contributed by atoms with Gasteiger partial charge in [0.15, 0.2) is 11.6 Å². The molecule has 1 amide bonds. The molecule has 6 rings (SSSR count). The zero-order valence-electron chi connectivity index (χ0n) is 23.1. The molecule has 9 nitrogen and oxygen atoms in total. The average Bonchev–Trinajstić information content (AvgIpc) is 3.66. The van der Waals surface area contributed by atoms with Crippen LogP contribution in [0.2, 0.25) is 0 Å². The summed E-state index contributed by atoms with van der Waals surface area (Å²) in [5, 5.41) is 5.72. The van der Waals surface area contributed by atoms with Crippen LogP contribution in [-0.4, -0.2) is 69.0 Å². The van der Waals surface area contributed by atoms with Crippen LogP contribution in [0.3, 0.4) is 0 Å². The molecule has 2 aliphatic rings. The molecule has 2 aliphatic heterocycles. The molecule has 0 bridgehead atoms. The van der Waals surface area contributed by atoms with E-state index < -0.39 is 11.6 Å². The number of aryl methyl sites for hydroxylation is 1. The number of piperidine rings is 1. The molecule has 1 fully saturated rings. The molecular formula is C29H30F2N8OS. The molecule has 4 aromatic rings. The zero-order valence-corrected chi connectivity index (χ0v) is 23.9. The number of hydrogen-bond donors (Lipinski definition) is 1. The molecule has 0 unspecified atom stereocenters. The number of nitrogens with zero attached hydrogens (tertiary/aromatic N) is 7. The highest BCUT2D eigenvalue weighted by atomic mass is 32.1. The maximum absolute atomic E-state index is 14.0. The third-order valence-corrected chi connectivity index (χ3v) is 8.26. The third kappa shape index (κ3) is 5.49. The Kier molecular flexibility index (Phi) is 7.35. The molecule has 5 heterocycles. The molecule has 1 N–H and O–H groups in total. The van der Waals surface area contributed by atoms with E-state index in [1.165, 1.54) is 23.7 Å². The van der Waals surface area contributed by atoms with Crippen molar-refractivity contribution in [1.29, 1.82) is 0 Å². The number of fused-ring (bicyclic) bond motifs is 1. The van der Waals surface area contributed by atoms with Crippen LogP contribution in [-0.2, 0) is 11.3 Å². The van der Waals surface area contributed by atoms with Gasteiger partial charge >= 0.3 is 0 Å².